The van der Waals surface area contributed by atoms with Gasteiger partial charge >= 0.3 is 6.03 Å². The normalized spacial score (nSPS) is 23.0. The fourth-order valence-electron chi connectivity index (χ4n) is 3.78. The first kappa shape index (κ1) is 15.9. The number of carbonyl (C=O) groups excluding carboxylic acids is 1. The van der Waals surface area contributed by atoms with Crippen LogP contribution in [0, 0.1) is 0 Å². The minimum Gasteiger partial charge on any atom is -0.294 e. The number of nitrogens with one attached hydrogen (secondary N) is 1. The number of urea groups is 1. The van der Waals surface area contributed by atoms with E-state index in [1.54, 1.807) is 0 Å². The molecular formula is C21H23N3O. The third-order valence-electron chi connectivity index (χ3n) is 5.02. The van der Waals surface area contributed by atoms with Gasteiger partial charge in [0.15, 0.2) is 0 Å². The summed E-state index contributed by atoms with van der Waals surface area (Å²) in [5, 5.41) is 3.04. The first-order chi connectivity index (χ1) is 12.3. The number of carbonyl (C=O) groups is 1. The Morgan fingerprint density at radius 1 is 0.880 bits per heavy atom. The van der Waals surface area contributed by atoms with Crippen molar-refractivity contribution in [3.05, 3.63) is 66.2 Å². The van der Waals surface area contributed by atoms with Gasteiger partial charge in [0.25, 0.3) is 0 Å². The van der Waals surface area contributed by atoms with Gasteiger partial charge in [0.2, 0.25) is 0 Å². The Morgan fingerprint density at radius 3 is 2.20 bits per heavy atom. The van der Waals surface area contributed by atoms with Crippen molar-refractivity contribution >= 4 is 17.6 Å². The monoisotopic (exact) mass is 333 g/mol. The van der Waals surface area contributed by atoms with Crippen LogP contribution >= 0.6 is 0 Å². The van der Waals surface area contributed by atoms with Crippen LogP contribution in [0.4, 0.5) is 10.5 Å². The van der Waals surface area contributed by atoms with Gasteiger partial charge in [0.1, 0.15) is 11.9 Å². The summed E-state index contributed by atoms with van der Waals surface area (Å²) in [7, 11) is 0. The van der Waals surface area contributed by atoms with Crippen molar-refractivity contribution in [3.8, 4) is 0 Å². The Morgan fingerprint density at radius 2 is 1.52 bits per heavy atom. The summed E-state index contributed by atoms with van der Waals surface area (Å²) in [6, 6.07) is 20.0. The number of anilines is 1. The standard InChI is InChI=1S/C21H23N3O/c25-21-23-20(22-17-12-6-2-7-13-17)19(16-10-4-1-5-11-16)24(21)18-14-8-3-9-15-18/h1,3-5,8-11,14-15,17,19H,2,6-7,12-13H2,(H,22,23,25). The first-order valence-corrected chi connectivity index (χ1v) is 9.11. The van der Waals surface area contributed by atoms with E-state index in [2.05, 4.69) is 17.4 Å². The van der Waals surface area contributed by atoms with Gasteiger partial charge < -0.3 is 0 Å². The van der Waals surface area contributed by atoms with Crippen LogP contribution in [0.2, 0.25) is 0 Å². The van der Waals surface area contributed by atoms with Crippen molar-refractivity contribution in [2.75, 3.05) is 4.90 Å². The molecule has 2 aromatic rings. The molecular weight excluding hydrogens is 310 g/mol. The number of rotatable bonds is 3. The van der Waals surface area contributed by atoms with Crippen LogP contribution in [0.1, 0.15) is 43.7 Å². The van der Waals surface area contributed by atoms with E-state index in [1.807, 2.05) is 53.4 Å². The summed E-state index contributed by atoms with van der Waals surface area (Å²) >= 11 is 0. The summed E-state index contributed by atoms with van der Waals surface area (Å²) in [4.78, 5) is 19.5. The summed E-state index contributed by atoms with van der Waals surface area (Å²) in [6.45, 7) is 0. The van der Waals surface area contributed by atoms with Crippen LogP contribution < -0.4 is 10.2 Å². The van der Waals surface area contributed by atoms with Crippen LogP contribution in [-0.4, -0.2) is 17.9 Å². The molecule has 0 bridgehead atoms. The maximum Gasteiger partial charge on any atom is 0.328 e. The molecule has 2 aliphatic rings. The second-order valence-corrected chi connectivity index (χ2v) is 6.76. The van der Waals surface area contributed by atoms with Gasteiger partial charge in [0, 0.05) is 5.69 Å². The van der Waals surface area contributed by atoms with Crippen LogP contribution in [0.5, 0.6) is 0 Å². The van der Waals surface area contributed by atoms with Crippen LogP contribution in [0.3, 0.4) is 0 Å². The van der Waals surface area contributed by atoms with Gasteiger partial charge in [-0.15, -0.1) is 0 Å². The van der Waals surface area contributed by atoms with Gasteiger partial charge in [-0.2, -0.15) is 0 Å². The number of benzene rings is 2. The maximum atomic E-state index is 12.7. The molecule has 2 amide bonds. The number of nitrogens with zero attached hydrogens (tertiary/aromatic N) is 2. The molecule has 0 radical (unpaired) electrons. The molecule has 1 aliphatic heterocycles. The third kappa shape index (κ3) is 3.29. The van der Waals surface area contributed by atoms with E-state index in [0.29, 0.717) is 6.04 Å². The fraction of sp³-hybridized carbons (Fsp3) is 0.333. The lowest BCUT2D eigenvalue weighted by molar-refractivity contribution is 0.252. The first-order valence-electron chi connectivity index (χ1n) is 9.11. The van der Waals surface area contributed by atoms with E-state index in [1.165, 1.54) is 19.3 Å². The van der Waals surface area contributed by atoms with Crippen molar-refractivity contribution in [1.82, 2.24) is 5.32 Å². The van der Waals surface area contributed by atoms with Crippen molar-refractivity contribution in [2.45, 2.75) is 44.2 Å². The molecule has 2 fully saturated rings. The summed E-state index contributed by atoms with van der Waals surface area (Å²) in [5.41, 5.74) is 1.97. The largest absolute Gasteiger partial charge is 0.328 e. The highest BCUT2D eigenvalue weighted by Gasteiger charge is 2.39. The van der Waals surface area contributed by atoms with Gasteiger partial charge in [-0.3, -0.25) is 15.2 Å². The molecule has 4 nitrogen and oxygen atoms in total. The average Bonchev–Trinajstić information content (AvgIpc) is 2.99. The van der Waals surface area contributed by atoms with Gasteiger partial charge in [-0.1, -0.05) is 67.8 Å². The van der Waals surface area contributed by atoms with E-state index in [-0.39, 0.29) is 12.1 Å². The van der Waals surface area contributed by atoms with E-state index < -0.39 is 0 Å². The van der Waals surface area contributed by atoms with Crippen molar-refractivity contribution < 1.29 is 4.79 Å². The Balaban J connectivity index is 1.74. The SMILES string of the molecule is O=C1NC(=NC2CCCCC2)C(c2ccccc2)N1c1ccccc1. The molecule has 128 valence electrons. The average molecular weight is 333 g/mol. The number of amidine groups is 1. The predicted molar refractivity (Wildman–Crippen MR) is 101 cm³/mol. The Hall–Kier alpha value is -2.62. The van der Waals surface area contributed by atoms with Crippen LogP contribution in [-0.2, 0) is 0 Å². The number of aliphatic imine (C=N–C) groups is 1. The lowest BCUT2D eigenvalue weighted by Gasteiger charge is -2.24. The highest BCUT2D eigenvalue weighted by Crippen LogP contribution is 2.33. The molecule has 1 saturated heterocycles. The topological polar surface area (TPSA) is 44.7 Å². The molecule has 1 aliphatic carbocycles. The molecule has 1 unspecified atom stereocenters. The Kier molecular flexibility index (Phi) is 4.51. The minimum atomic E-state index is -0.182. The summed E-state index contributed by atoms with van der Waals surface area (Å²) < 4.78 is 0. The zero-order valence-corrected chi connectivity index (χ0v) is 14.3. The molecule has 1 N–H and O–H groups in total. The number of para-hydroxylation sites is 1. The van der Waals surface area contributed by atoms with Crippen LogP contribution in [0.25, 0.3) is 0 Å². The quantitative estimate of drug-likeness (QED) is 0.870. The third-order valence-corrected chi connectivity index (χ3v) is 5.02. The summed E-state index contributed by atoms with van der Waals surface area (Å²) in [6.07, 6.45) is 5.99. The maximum absolute atomic E-state index is 12.7. The van der Waals surface area contributed by atoms with E-state index >= 15 is 0 Å². The molecule has 1 heterocycles. The van der Waals surface area contributed by atoms with Crippen molar-refractivity contribution in [3.63, 3.8) is 0 Å². The van der Waals surface area contributed by atoms with E-state index in [9.17, 15) is 4.79 Å². The molecule has 0 spiro atoms. The second kappa shape index (κ2) is 7.09. The van der Waals surface area contributed by atoms with Gasteiger partial charge in [0.05, 0.1) is 6.04 Å². The Bertz CT molecular complexity index is 751. The number of hydrogen-bond acceptors (Lipinski definition) is 2. The highest BCUT2D eigenvalue weighted by atomic mass is 16.2. The molecule has 2 aromatic carbocycles. The van der Waals surface area contributed by atoms with Gasteiger partial charge in [-0.25, -0.2) is 4.79 Å². The molecule has 0 aromatic heterocycles. The van der Waals surface area contributed by atoms with E-state index in [4.69, 9.17) is 4.99 Å². The Labute approximate surface area is 148 Å². The smallest absolute Gasteiger partial charge is 0.294 e. The highest BCUT2D eigenvalue weighted by molar-refractivity contribution is 6.16. The zero-order chi connectivity index (χ0) is 17.1. The molecule has 25 heavy (non-hydrogen) atoms. The lowest BCUT2D eigenvalue weighted by atomic mass is 9.95. The molecule has 4 rings (SSSR count). The number of hydrogen-bond donors (Lipinski definition) is 1. The second-order valence-electron chi connectivity index (χ2n) is 6.76. The van der Waals surface area contributed by atoms with Crippen LogP contribution in [0.15, 0.2) is 65.7 Å². The lowest BCUT2D eigenvalue weighted by Crippen LogP contribution is -2.29. The zero-order valence-electron chi connectivity index (χ0n) is 14.3. The van der Waals surface area contributed by atoms with Crippen molar-refractivity contribution in [2.24, 2.45) is 4.99 Å². The summed E-state index contributed by atoms with van der Waals surface area (Å²) in [5.74, 6) is 0.784. The molecule has 4 heteroatoms. The van der Waals surface area contributed by atoms with Gasteiger partial charge in [-0.05, 0) is 30.5 Å². The fourth-order valence-corrected chi connectivity index (χ4v) is 3.78. The minimum absolute atomic E-state index is 0.102. The molecule has 1 saturated carbocycles. The van der Waals surface area contributed by atoms with E-state index in [0.717, 1.165) is 29.9 Å². The molecule has 1 atom stereocenters. The predicted octanol–water partition coefficient (Wildman–Crippen LogP) is 4.69. The number of amides is 2. The van der Waals surface area contributed by atoms with Crippen molar-refractivity contribution in [1.29, 1.82) is 0 Å².